The van der Waals surface area contributed by atoms with Crippen molar-refractivity contribution in [3.63, 3.8) is 0 Å². The summed E-state index contributed by atoms with van der Waals surface area (Å²) in [5, 5.41) is 11.5. The number of hydrogen-bond acceptors (Lipinski definition) is 3. The van der Waals surface area contributed by atoms with Gasteiger partial charge in [0.05, 0.1) is 5.52 Å². The number of nitrogens with zero attached hydrogens (tertiary/aromatic N) is 2. The Labute approximate surface area is 103 Å². The van der Waals surface area contributed by atoms with Crippen LogP contribution in [0.3, 0.4) is 0 Å². The van der Waals surface area contributed by atoms with Crippen molar-refractivity contribution in [3.05, 3.63) is 24.0 Å². The molecule has 1 heterocycles. The van der Waals surface area contributed by atoms with Crippen LogP contribution in [0.5, 0.6) is 0 Å². The lowest BCUT2D eigenvalue weighted by Gasteiger charge is -2.04. The van der Waals surface area contributed by atoms with E-state index in [0.717, 1.165) is 0 Å². The molecule has 96 valence electrons. The van der Waals surface area contributed by atoms with Gasteiger partial charge >= 0.3 is 5.97 Å². The summed E-state index contributed by atoms with van der Waals surface area (Å²) in [6.07, 6.45) is 0.603. The summed E-state index contributed by atoms with van der Waals surface area (Å²) < 4.78 is 15.2. The summed E-state index contributed by atoms with van der Waals surface area (Å²) in [6, 6.07) is 4.78. The number of fused-ring (bicyclic) bond motifs is 1. The van der Waals surface area contributed by atoms with Crippen LogP contribution in [0.1, 0.15) is 12.8 Å². The molecule has 5 nitrogen and oxygen atoms in total. The first-order valence-electron chi connectivity index (χ1n) is 5.66. The number of benzene rings is 1. The van der Waals surface area contributed by atoms with Crippen molar-refractivity contribution in [3.8, 4) is 0 Å². The van der Waals surface area contributed by atoms with Crippen molar-refractivity contribution in [1.29, 1.82) is 0 Å². The van der Waals surface area contributed by atoms with Crippen molar-refractivity contribution in [2.45, 2.75) is 12.8 Å². The molecule has 2 aromatic rings. The zero-order valence-electron chi connectivity index (χ0n) is 9.98. The third-order valence-electron chi connectivity index (χ3n) is 2.71. The Morgan fingerprint density at radius 2 is 2.33 bits per heavy atom. The van der Waals surface area contributed by atoms with Gasteiger partial charge in [-0.3, -0.25) is 4.79 Å². The van der Waals surface area contributed by atoms with Crippen molar-refractivity contribution >= 4 is 23.0 Å². The van der Waals surface area contributed by atoms with Crippen molar-refractivity contribution in [1.82, 2.24) is 9.55 Å². The molecule has 0 radical (unpaired) electrons. The number of imidazole rings is 1. The largest absolute Gasteiger partial charge is 0.481 e. The molecular formula is C12H14FN3O2. The molecule has 2 N–H and O–H groups in total. The molecule has 0 aliphatic carbocycles. The summed E-state index contributed by atoms with van der Waals surface area (Å²) in [4.78, 5) is 14.5. The number of aromatic nitrogens is 2. The second-order valence-corrected chi connectivity index (χ2v) is 4.03. The molecule has 1 aromatic heterocycles. The number of carboxylic acids is 1. The topological polar surface area (TPSA) is 67.2 Å². The van der Waals surface area contributed by atoms with Crippen LogP contribution in [0.2, 0.25) is 0 Å². The number of carbonyl (C=O) groups is 1. The molecule has 0 bridgehead atoms. The predicted octanol–water partition coefficient (Wildman–Crippen LogP) is 1.99. The first kappa shape index (κ1) is 12.3. The van der Waals surface area contributed by atoms with Gasteiger partial charge < -0.3 is 15.0 Å². The van der Waals surface area contributed by atoms with E-state index in [-0.39, 0.29) is 12.2 Å². The lowest BCUT2D eigenvalue weighted by atomic mass is 10.3. The molecule has 0 saturated heterocycles. The summed E-state index contributed by atoms with van der Waals surface area (Å²) in [5.41, 5.74) is 1.02. The molecule has 18 heavy (non-hydrogen) atoms. The van der Waals surface area contributed by atoms with E-state index in [4.69, 9.17) is 5.11 Å². The van der Waals surface area contributed by atoms with Crippen LogP contribution in [0.25, 0.3) is 11.0 Å². The maximum absolute atomic E-state index is 13.5. The molecule has 0 aliphatic rings. The van der Waals surface area contributed by atoms with Gasteiger partial charge in [0.1, 0.15) is 5.52 Å². The number of rotatable bonds is 5. The lowest BCUT2D eigenvalue weighted by Crippen LogP contribution is -2.08. The number of aryl methyl sites for hydroxylation is 1. The summed E-state index contributed by atoms with van der Waals surface area (Å²) in [5.74, 6) is -0.643. The molecule has 0 unspecified atom stereocenters. The maximum atomic E-state index is 13.5. The Kier molecular flexibility index (Phi) is 3.45. The summed E-state index contributed by atoms with van der Waals surface area (Å²) in [7, 11) is 1.79. The minimum absolute atomic E-state index is 0.102. The number of anilines is 1. The van der Waals surface area contributed by atoms with Crippen molar-refractivity contribution in [2.75, 3.05) is 11.9 Å². The zero-order valence-corrected chi connectivity index (χ0v) is 9.98. The fourth-order valence-corrected chi connectivity index (χ4v) is 1.78. The Hall–Kier alpha value is -2.11. The third-order valence-corrected chi connectivity index (χ3v) is 2.71. The SMILES string of the molecule is Cn1c(NCCCC(=O)O)nc2c(F)cccc21. The first-order valence-corrected chi connectivity index (χ1v) is 5.66. The van der Waals surface area contributed by atoms with Crippen LogP contribution in [-0.4, -0.2) is 27.2 Å². The van der Waals surface area contributed by atoms with Gasteiger partial charge in [-0.1, -0.05) is 6.07 Å². The minimum atomic E-state index is -0.826. The average Bonchev–Trinajstić information content (AvgIpc) is 2.64. The molecule has 0 saturated carbocycles. The normalized spacial score (nSPS) is 10.8. The van der Waals surface area contributed by atoms with Gasteiger partial charge in [-0.15, -0.1) is 0 Å². The standard InChI is InChI=1S/C12H14FN3O2/c1-16-9-5-2-4-8(13)11(9)15-12(16)14-7-3-6-10(17)18/h2,4-5H,3,6-7H2,1H3,(H,14,15)(H,17,18). The molecule has 0 fully saturated rings. The second kappa shape index (κ2) is 5.03. The molecule has 6 heteroatoms. The molecule has 0 aliphatic heterocycles. The van der Waals surface area contributed by atoms with Crippen LogP contribution in [0.4, 0.5) is 10.3 Å². The number of carboxylic acid groups (broad SMARTS) is 1. The van der Waals surface area contributed by atoms with Gasteiger partial charge in [-0.05, 0) is 18.6 Å². The molecule has 0 spiro atoms. The monoisotopic (exact) mass is 251 g/mol. The fraction of sp³-hybridized carbons (Fsp3) is 0.333. The molecule has 0 amide bonds. The zero-order chi connectivity index (χ0) is 13.1. The quantitative estimate of drug-likeness (QED) is 0.797. The fourth-order valence-electron chi connectivity index (χ4n) is 1.78. The smallest absolute Gasteiger partial charge is 0.303 e. The highest BCUT2D eigenvalue weighted by Gasteiger charge is 2.10. The van der Waals surface area contributed by atoms with Gasteiger partial charge in [0.25, 0.3) is 0 Å². The Morgan fingerprint density at radius 3 is 3.00 bits per heavy atom. The first-order chi connectivity index (χ1) is 8.59. The van der Waals surface area contributed by atoms with Gasteiger partial charge in [-0.25, -0.2) is 9.37 Å². The van der Waals surface area contributed by atoms with E-state index in [0.29, 0.717) is 29.9 Å². The highest BCUT2D eigenvalue weighted by Crippen LogP contribution is 2.20. The second-order valence-electron chi connectivity index (χ2n) is 4.03. The number of nitrogens with one attached hydrogen (secondary N) is 1. The minimum Gasteiger partial charge on any atom is -0.481 e. The highest BCUT2D eigenvalue weighted by atomic mass is 19.1. The number of aliphatic carboxylic acids is 1. The third kappa shape index (κ3) is 2.42. The lowest BCUT2D eigenvalue weighted by molar-refractivity contribution is -0.137. The predicted molar refractivity (Wildman–Crippen MR) is 66.0 cm³/mol. The Bertz CT molecular complexity index is 580. The van der Waals surface area contributed by atoms with Crippen molar-refractivity contribution in [2.24, 2.45) is 7.05 Å². The van der Waals surface area contributed by atoms with E-state index in [9.17, 15) is 9.18 Å². The van der Waals surface area contributed by atoms with E-state index in [2.05, 4.69) is 10.3 Å². The summed E-state index contributed by atoms with van der Waals surface area (Å²) >= 11 is 0. The molecular weight excluding hydrogens is 237 g/mol. The summed E-state index contributed by atoms with van der Waals surface area (Å²) in [6.45, 7) is 0.491. The van der Waals surface area contributed by atoms with Crippen LogP contribution in [0.15, 0.2) is 18.2 Å². The molecule has 0 atom stereocenters. The van der Waals surface area contributed by atoms with E-state index in [1.807, 2.05) is 0 Å². The Balaban J connectivity index is 2.12. The van der Waals surface area contributed by atoms with Gasteiger partial charge in [0, 0.05) is 20.0 Å². The van der Waals surface area contributed by atoms with Crippen LogP contribution < -0.4 is 5.32 Å². The van der Waals surface area contributed by atoms with E-state index >= 15 is 0 Å². The Morgan fingerprint density at radius 1 is 1.56 bits per heavy atom. The highest BCUT2D eigenvalue weighted by molar-refractivity contribution is 5.79. The number of para-hydroxylation sites is 1. The molecule has 2 rings (SSSR count). The maximum Gasteiger partial charge on any atom is 0.303 e. The van der Waals surface area contributed by atoms with Gasteiger partial charge in [0.2, 0.25) is 5.95 Å². The van der Waals surface area contributed by atoms with Gasteiger partial charge in [-0.2, -0.15) is 0 Å². The number of halogens is 1. The van der Waals surface area contributed by atoms with E-state index in [1.54, 1.807) is 23.7 Å². The number of hydrogen-bond donors (Lipinski definition) is 2. The van der Waals surface area contributed by atoms with Crippen LogP contribution in [0, 0.1) is 5.82 Å². The van der Waals surface area contributed by atoms with Crippen LogP contribution >= 0.6 is 0 Å². The van der Waals surface area contributed by atoms with E-state index in [1.165, 1.54) is 6.07 Å². The van der Waals surface area contributed by atoms with Crippen LogP contribution in [-0.2, 0) is 11.8 Å². The average molecular weight is 251 g/mol. The molecule has 1 aromatic carbocycles. The van der Waals surface area contributed by atoms with E-state index < -0.39 is 5.97 Å². The van der Waals surface area contributed by atoms with Crippen molar-refractivity contribution < 1.29 is 14.3 Å². The van der Waals surface area contributed by atoms with Gasteiger partial charge in [0.15, 0.2) is 5.82 Å².